The molecule has 0 unspecified atom stereocenters. The van der Waals surface area contributed by atoms with Crippen LogP contribution in [0.5, 0.6) is 0 Å². The van der Waals surface area contributed by atoms with Crippen LogP contribution in [0.4, 0.5) is 0 Å². The number of hydrogen-bond donors (Lipinski definition) is 1. The maximum Gasteiger partial charge on any atom is 0.117 e. The van der Waals surface area contributed by atoms with Crippen LogP contribution < -0.4 is 0 Å². The molecule has 0 amide bonds. The van der Waals surface area contributed by atoms with Gasteiger partial charge in [-0.05, 0) is 24.1 Å². The summed E-state index contributed by atoms with van der Waals surface area (Å²) in [4.78, 5) is 1.84. The van der Waals surface area contributed by atoms with Crippen molar-refractivity contribution in [3.63, 3.8) is 0 Å². The van der Waals surface area contributed by atoms with Crippen molar-refractivity contribution in [2.45, 2.75) is 31.9 Å². The molecule has 0 aliphatic heterocycles. The van der Waals surface area contributed by atoms with Gasteiger partial charge in [-0.15, -0.1) is 0 Å². The highest BCUT2D eigenvalue weighted by Gasteiger charge is 2.22. The van der Waals surface area contributed by atoms with Gasteiger partial charge in [0.25, 0.3) is 0 Å². The molecule has 2 rings (SSSR count). The Kier molecular flexibility index (Phi) is 6.17. The second kappa shape index (κ2) is 8.33. The molecule has 2 aromatic carbocycles. The van der Waals surface area contributed by atoms with Gasteiger partial charge in [0.05, 0.1) is 12.1 Å². The summed E-state index contributed by atoms with van der Waals surface area (Å²) in [6.07, 6.45) is 1.30. The molecule has 0 fully saturated rings. The SMILES string of the molecule is C[C@@H](/C=C(/C#N)N(C)[C@@H](C)[C@H](O)c1ccccc1)c1ccccc1. The van der Waals surface area contributed by atoms with E-state index in [1.165, 1.54) is 0 Å². The van der Waals surface area contributed by atoms with Gasteiger partial charge < -0.3 is 10.0 Å². The lowest BCUT2D eigenvalue weighted by molar-refractivity contribution is 0.0911. The highest BCUT2D eigenvalue weighted by Crippen LogP contribution is 2.24. The summed E-state index contributed by atoms with van der Waals surface area (Å²) in [6.45, 7) is 3.99. The van der Waals surface area contributed by atoms with Crippen LogP contribution in [0.3, 0.4) is 0 Å². The lowest BCUT2D eigenvalue weighted by atomic mass is 9.98. The van der Waals surface area contributed by atoms with Gasteiger partial charge in [-0.2, -0.15) is 5.26 Å². The molecular weight excluding hydrogens is 296 g/mol. The second-order valence-corrected chi connectivity index (χ2v) is 6.07. The number of nitrogens with zero attached hydrogens (tertiary/aromatic N) is 2. The molecule has 0 spiro atoms. The number of nitriles is 1. The molecule has 0 aliphatic carbocycles. The molecular formula is C21H24N2O. The van der Waals surface area contributed by atoms with Crippen molar-refractivity contribution in [1.29, 1.82) is 5.26 Å². The van der Waals surface area contributed by atoms with Gasteiger partial charge in [-0.25, -0.2) is 0 Å². The first-order valence-corrected chi connectivity index (χ1v) is 8.17. The number of rotatable bonds is 6. The Labute approximate surface area is 144 Å². The molecule has 0 heterocycles. The monoisotopic (exact) mass is 320 g/mol. The lowest BCUT2D eigenvalue weighted by Crippen LogP contribution is -2.33. The Balaban J connectivity index is 2.17. The third kappa shape index (κ3) is 4.24. The van der Waals surface area contributed by atoms with Gasteiger partial charge in [0.2, 0.25) is 0 Å². The van der Waals surface area contributed by atoms with Crippen LogP contribution >= 0.6 is 0 Å². The Morgan fingerprint density at radius 3 is 2.00 bits per heavy atom. The van der Waals surface area contributed by atoms with Crippen molar-refractivity contribution in [1.82, 2.24) is 4.90 Å². The molecule has 0 radical (unpaired) electrons. The molecule has 24 heavy (non-hydrogen) atoms. The molecule has 0 aliphatic rings. The van der Waals surface area contributed by atoms with Crippen molar-refractivity contribution in [3.05, 3.63) is 83.6 Å². The summed E-state index contributed by atoms with van der Waals surface area (Å²) in [7, 11) is 1.85. The highest BCUT2D eigenvalue weighted by atomic mass is 16.3. The van der Waals surface area contributed by atoms with Crippen molar-refractivity contribution in [3.8, 4) is 6.07 Å². The minimum atomic E-state index is -0.653. The average Bonchev–Trinajstić information content (AvgIpc) is 2.65. The fraction of sp³-hybridized carbons (Fsp3) is 0.286. The molecule has 3 nitrogen and oxygen atoms in total. The van der Waals surface area contributed by atoms with Crippen LogP contribution in [-0.2, 0) is 0 Å². The van der Waals surface area contributed by atoms with Crippen molar-refractivity contribution < 1.29 is 5.11 Å². The zero-order valence-corrected chi connectivity index (χ0v) is 14.4. The van der Waals surface area contributed by atoms with Gasteiger partial charge in [0.15, 0.2) is 0 Å². The third-order valence-electron chi connectivity index (χ3n) is 4.44. The van der Waals surface area contributed by atoms with Crippen LogP contribution in [0.1, 0.15) is 37.0 Å². The average molecular weight is 320 g/mol. The van der Waals surface area contributed by atoms with E-state index in [0.29, 0.717) is 5.70 Å². The first kappa shape index (κ1) is 17.8. The standard InChI is InChI=1S/C21H24N2O/c1-16(18-10-6-4-7-11-18)14-20(15-22)23(3)17(2)21(24)19-12-8-5-9-13-19/h4-14,16-17,21,24H,1-3H3/b20-14-/t16-,17-,21-/m0/s1. The van der Waals surface area contributed by atoms with E-state index in [4.69, 9.17) is 0 Å². The Hall–Kier alpha value is -2.57. The maximum atomic E-state index is 10.6. The number of likely N-dealkylation sites (N-methyl/N-ethyl adjacent to an activating group) is 1. The van der Waals surface area contributed by atoms with Gasteiger partial charge in [-0.3, -0.25) is 0 Å². The summed E-state index contributed by atoms with van der Waals surface area (Å²) in [5.41, 5.74) is 2.58. The quantitative estimate of drug-likeness (QED) is 0.809. The minimum absolute atomic E-state index is 0.129. The largest absolute Gasteiger partial charge is 0.386 e. The summed E-state index contributed by atoms with van der Waals surface area (Å²) in [5.74, 6) is 0.129. The number of hydrogen-bond acceptors (Lipinski definition) is 3. The van der Waals surface area contributed by atoms with Crippen molar-refractivity contribution in [2.24, 2.45) is 0 Å². The Morgan fingerprint density at radius 1 is 1.00 bits per heavy atom. The fourth-order valence-electron chi connectivity index (χ4n) is 2.68. The molecule has 124 valence electrons. The molecule has 0 saturated carbocycles. The number of aliphatic hydroxyl groups is 1. The highest BCUT2D eigenvalue weighted by molar-refractivity contribution is 5.30. The van der Waals surface area contributed by atoms with Crippen LogP contribution in [0.25, 0.3) is 0 Å². The zero-order valence-electron chi connectivity index (χ0n) is 14.4. The van der Waals surface area contributed by atoms with Crippen LogP contribution in [0, 0.1) is 11.3 Å². The molecule has 1 N–H and O–H groups in total. The third-order valence-corrected chi connectivity index (χ3v) is 4.44. The Bertz CT molecular complexity index is 704. The van der Waals surface area contributed by atoms with Gasteiger partial charge in [0.1, 0.15) is 11.8 Å². The van der Waals surface area contributed by atoms with Crippen LogP contribution in [-0.4, -0.2) is 23.1 Å². The molecule has 3 heteroatoms. The van der Waals surface area contributed by atoms with Crippen molar-refractivity contribution >= 4 is 0 Å². The van der Waals surface area contributed by atoms with Gasteiger partial charge >= 0.3 is 0 Å². The zero-order chi connectivity index (χ0) is 17.5. The maximum absolute atomic E-state index is 10.6. The summed E-state index contributed by atoms with van der Waals surface area (Å²) in [5, 5.41) is 20.1. The smallest absolute Gasteiger partial charge is 0.117 e. The summed E-state index contributed by atoms with van der Waals surface area (Å²) < 4.78 is 0. The van der Waals surface area contributed by atoms with E-state index in [-0.39, 0.29) is 12.0 Å². The number of allylic oxidation sites excluding steroid dienone is 2. The van der Waals surface area contributed by atoms with E-state index in [2.05, 4.69) is 25.1 Å². The number of aliphatic hydroxyl groups excluding tert-OH is 1. The first-order chi connectivity index (χ1) is 11.5. The molecule has 3 atom stereocenters. The van der Waals surface area contributed by atoms with Gasteiger partial charge in [0, 0.05) is 13.0 Å². The van der Waals surface area contributed by atoms with Crippen LogP contribution in [0.15, 0.2) is 72.4 Å². The minimum Gasteiger partial charge on any atom is -0.386 e. The van der Waals surface area contributed by atoms with Crippen LogP contribution in [0.2, 0.25) is 0 Å². The molecule has 0 bridgehead atoms. The van der Waals surface area contributed by atoms with E-state index in [1.54, 1.807) is 0 Å². The molecule has 0 saturated heterocycles. The predicted molar refractivity (Wildman–Crippen MR) is 97.2 cm³/mol. The summed E-state index contributed by atoms with van der Waals surface area (Å²) in [6, 6.07) is 21.7. The van der Waals surface area contributed by atoms with E-state index in [0.717, 1.165) is 11.1 Å². The first-order valence-electron chi connectivity index (χ1n) is 8.17. The van der Waals surface area contributed by atoms with E-state index >= 15 is 0 Å². The van der Waals surface area contributed by atoms with Crippen molar-refractivity contribution in [2.75, 3.05) is 7.05 Å². The Morgan fingerprint density at radius 2 is 1.50 bits per heavy atom. The molecule has 0 aromatic heterocycles. The number of benzene rings is 2. The van der Waals surface area contributed by atoms with E-state index in [9.17, 15) is 10.4 Å². The summed E-state index contributed by atoms with van der Waals surface area (Å²) >= 11 is 0. The predicted octanol–water partition coefficient (Wildman–Crippen LogP) is 4.25. The topological polar surface area (TPSA) is 47.3 Å². The second-order valence-electron chi connectivity index (χ2n) is 6.07. The van der Waals surface area contributed by atoms with Gasteiger partial charge in [-0.1, -0.05) is 67.6 Å². The van der Waals surface area contributed by atoms with E-state index < -0.39 is 6.10 Å². The van der Waals surface area contributed by atoms with E-state index in [1.807, 2.05) is 73.5 Å². The normalized spacial score (nSPS) is 15.2. The molecule has 2 aromatic rings. The fourth-order valence-corrected chi connectivity index (χ4v) is 2.68. The lowest BCUT2D eigenvalue weighted by Gasteiger charge is -2.30.